The molecule has 0 unspecified atom stereocenters. The normalized spacial score (nSPS) is 15.2. The van der Waals surface area contributed by atoms with E-state index in [9.17, 15) is 17.6 Å². The molecule has 1 amide bonds. The van der Waals surface area contributed by atoms with Crippen molar-refractivity contribution in [3.8, 4) is 0 Å². The maximum Gasteiger partial charge on any atom is 0.286 e. The molecule has 2 aromatic carbocycles. The number of fused-ring (bicyclic) bond motifs is 1. The molecule has 136 valence electrons. The molecule has 6 nitrogen and oxygen atoms in total. The number of thioether (sulfide) groups is 1. The molecular weight excluding hydrogens is 377 g/mol. The molecule has 9 heteroatoms. The lowest BCUT2D eigenvalue weighted by atomic mass is 10.3. The minimum atomic E-state index is -3.80. The number of amidine groups is 1. The van der Waals surface area contributed by atoms with E-state index in [1.165, 1.54) is 24.3 Å². The van der Waals surface area contributed by atoms with Crippen molar-refractivity contribution in [3.63, 3.8) is 0 Å². The summed E-state index contributed by atoms with van der Waals surface area (Å²) in [6.45, 7) is 2.38. The molecule has 26 heavy (non-hydrogen) atoms. The van der Waals surface area contributed by atoms with E-state index >= 15 is 0 Å². The van der Waals surface area contributed by atoms with Crippen LogP contribution in [0.5, 0.6) is 0 Å². The Labute approximate surface area is 155 Å². The van der Waals surface area contributed by atoms with E-state index in [1.807, 2.05) is 6.92 Å². The van der Waals surface area contributed by atoms with Gasteiger partial charge in [0.2, 0.25) is 5.91 Å². The highest BCUT2D eigenvalue weighted by molar-refractivity contribution is 8.15. The van der Waals surface area contributed by atoms with Crippen LogP contribution in [0.2, 0.25) is 0 Å². The predicted octanol–water partition coefficient (Wildman–Crippen LogP) is 3.08. The molecule has 0 atom stereocenters. The first-order chi connectivity index (χ1) is 12.4. The smallest absolute Gasteiger partial charge is 0.286 e. The molecule has 1 aliphatic rings. The van der Waals surface area contributed by atoms with Gasteiger partial charge in [-0.3, -0.25) is 4.79 Å². The molecular formula is C17H16FN3O3S2. The summed E-state index contributed by atoms with van der Waals surface area (Å²) in [5, 5.41) is 2.81. The van der Waals surface area contributed by atoms with Crippen LogP contribution in [0, 0.1) is 5.82 Å². The topological polar surface area (TPSA) is 78.8 Å². The van der Waals surface area contributed by atoms with E-state index in [4.69, 9.17) is 0 Å². The van der Waals surface area contributed by atoms with Crippen molar-refractivity contribution in [1.82, 2.24) is 0 Å². The molecule has 0 aromatic heterocycles. The number of hydrogen-bond donors (Lipinski definition) is 1. The third-order valence-electron chi connectivity index (χ3n) is 3.62. The fraction of sp³-hybridized carbons (Fsp3) is 0.176. The van der Waals surface area contributed by atoms with E-state index in [0.717, 1.165) is 11.8 Å². The molecule has 2 aromatic rings. The van der Waals surface area contributed by atoms with Crippen molar-refractivity contribution in [3.05, 3.63) is 54.3 Å². The van der Waals surface area contributed by atoms with Crippen molar-refractivity contribution in [2.75, 3.05) is 22.5 Å². The SMILES string of the molecule is CCN1C(SCC(=O)Nc2cccc(F)c2)=NS(=O)(=O)c2ccccc21. The van der Waals surface area contributed by atoms with Gasteiger partial charge in [0, 0.05) is 12.2 Å². The van der Waals surface area contributed by atoms with Crippen LogP contribution in [0.3, 0.4) is 0 Å². The zero-order valence-corrected chi connectivity index (χ0v) is 15.5. The fourth-order valence-corrected chi connectivity index (χ4v) is 4.82. The van der Waals surface area contributed by atoms with E-state index in [1.54, 1.807) is 29.2 Å². The fourth-order valence-electron chi connectivity index (χ4n) is 2.51. The summed E-state index contributed by atoms with van der Waals surface area (Å²) in [6, 6.07) is 12.2. The van der Waals surface area contributed by atoms with Crippen LogP contribution in [0.25, 0.3) is 0 Å². The van der Waals surface area contributed by atoms with Crippen LogP contribution >= 0.6 is 11.8 Å². The third-order valence-corrected chi connectivity index (χ3v) is 6.03. The van der Waals surface area contributed by atoms with E-state index in [0.29, 0.717) is 17.9 Å². The Bertz CT molecular complexity index is 977. The Morgan fingerprint density at radius 2 is 2.00 bits per heavy atom. The van der Waals surface area contributed by atoms with Gasteiger partial charge in [0.15, 0.2) is 5.17 Å². The monoisotopic (exact) mass is 393 g/mol. The molecule has 0 spiro atoms. The molecule has 1 N–H and O–H groups in total. The second-order valence-corrected chi connectivity index (χ2v) is 7.92. The van der Waals surface area contributed by atoms with Crippen LogP contribution in [0.4, 0.5) is 15.8 Å². The number of sulfonamides is 1. The van der Waals surface area contributed by atoms with Gasteiger partial charge in [0.05, 0.1) is 11.4 Å². The first kappa shape index (κ1) is 18.4. The van der Waals surface area contributed by atoms with Crippen molar-refractivity contribution in [2.45, 2.75) is 11.8 Å². The second-order valence-electron chi connectivity index (χ2n) is 5.41. The number of halogens is 1. The molecule has 1 heterocycles. The van der Waals surface area contributed by atoms with Gasteiger partial charge in [0.1, 0.15) is 10.7 Å². The van der Waals surface area contributed by atoms with Crippen LogP contribution in [0.1, 0.15) is 6.92 Å². The molecule has 0 bridgehead atoms. The molecule has 0 radical (unpaired) electrons. The number of para-hydroxylation sites is 1. The minimum Gasteiger partial charge on any atom is -0.325 e. The molecule has 0 aliphatic carbocycles. The molecule has 1 aliphatic heterocycles. The van der Waals surface area contributed by atoms with Gasteiger partial charge in [-0.15, -0.1) is 4.40 Å². The second kappa shape index (κ2) is 7.46. The number of nitrogens with zero attached hydrogens (tertiary/aromatic N) is 2. The number of rotatable bonds is 4. The van der Waals surface area contributed by atoms with E-state index in [-0.39, 0.29) is 21.7 Å². The van der Waals surface area contributed by atoms with Crippen molar-refractivity contribution >= 4 is 44.2 Å². The standard InChI is InChI=1S/C17H16FN3O3S2/c1-2-21-14-8-3-4-9-15(14)26(23,24)20-17(21)25-11-16(22)19-13-7-5-6-12(18)10-13/h3-10H,2,11H2,1H3,(H,19,22). The quantitative estimate of drug-likeness (QED) is 0.864. The van der Waals surface area contributed by atoms with Crippen LogP contribution in [0.15, 0.2) is 57.8 Å². The van der Waals surface area contributed by atoms with Crippen molar-refractivity contribution in [1.29, 1.82) is 0 Å². The van der Waals surface area contributed by atoms with Crippen molar-refractivity contribution < 1.29 is 17.6 Å². The zero-order valence-electron chi connectivity index (χ0n) is 13.8. The number of anilines is 2. The highest BCUT2D eigenvalue weighted by Gasteiger charge is 2.30. The summed E-state index contributed by atoms with van der Waals surface area (Å²) in [6.07, 6.45) is 0. The zero-order chi connectivity index (χ0) is 18.7. The summed E-state index contributed by atoms with van der Waals surface area (Å²) in [5.41, 5.74) is 0.879. The summed E-state index contributed by atoms with van der Waals surface area (Å²) in [4.78, 5) is 14.0. The van der Waals surface area contributed by atoms with E-state index in [2.05, 4.69) is 9.71 Å². The molecule has 3 rings (SSSR count). The van der Waals surface area contributed by atoms with Gasteiger partial charge in [0.25, 0.3) is 10.0 Å². The number of amides is 1. The lowest BCUT2D eigenvalue weighted by molar-refractivity contribution is -0.113. The summed E-state index contributed by atoms with van der Waals surface area (Å²) < 4.78 is 41.7. The Morgan fingerprint density at radius 3 is 2.73 bits per heavy atom. The maximum atomic E-state index is 13.2. The van der Waals surface area contributed by atoms with Gasteiger partial charge in [-0.05, 0) is 37.3 Å². The van der Waals surface area contributed by atoms with Gasteiger partial charge < -0.3 is 10.2 Å². The Hall–Kier alpha value is -2.39. The molecule has 0 fully saturated rings. The Morgan fingerprint density at radius 1 is 1.23 bits per heavy atom. The third kappa shape index (κ3) is 3.88. The van der Waals surface area contributed by atoms with Gasteiger partial charge in [-0.2, -0.15) is 8.42 Å². The number of carbonyl (C=O) groups is 1. The lowest BCUT2D eigenvalue weighted by Gasteiger charge is -2.29. The summed E-state index contributed by atoms with van der Waals surface area (Å²) >= 11 is 1.02. The largest absolute Gasteiger partial charge is 0.325 e. The Balaban J connectivity index is 1.75. The molecule has 0 saturated heterocycles. The first-order valence-electron chi connectivity index (χ1n) is 7.80. The number of carbonyl (C=O) groups excluding carboxylic acids is 1. The first-order valence-corrected chi connectivity index (χ1v) is 10.2. The summed E-state index contributed by atoms with van der Waals surface area (Å²) in [7, 11) is -3.80. The Kier molecular flexibility index (Phi) is 5.28. The maximum absolute atomic E-state index is 13.2. The van der Waals surface area contributed by atoms with Gasteiger partial charge >= 0.3 is 0 Å². The van der Waals surface area contributed by atoms with Gasteiger partial charge in [-0.25, -0.2) is 4.39 Å². The average molecular weight is 393 g/mol. The van der Waals surface area contributed by atoms with Crippen LogP contribution in [-0.4, -0.2) is 31.8 Å². The van der Waals surface area contributed by atoms with E-state index < -0.39 is 15.8 Å². The lowest BCUT2D eigenvalue weighted by Crippen LogP contribution is -2.34. The van der Waals surface area contributed by atoms with Crippen molar-refractivity contribution in [2.24, 2.45) is 4.40 Å². The molecule has 0 saturated carbocycles. The number of benzene rings is 2. The minimum absolute atomic E-state index is 0.0521. The number of hydrogen-bond acceptors (Lipinski definition) is 5. The highest BCUT2D eigenvalue weighted by Crippen LogP contribution is 2.33. The van der Waals surface area contributed by atoms with Crippen LogP contribution in [-0.2, 0) is 14.8 Å². The average Bonchev–Trinajstić information content (AvgIpc) is 2.60. The summed E-state index contributed by atoms with van der Waals surface area (Å²) in [5.74, 6) is -0.883. The highest BCUT2D eigenvalue weighted by atomic mass is 32.2. The van der Waals surface area contributed by atoms with Gasteiger partial charge in [-0.1, -0.05) is 30.0 Å². The number of nitrogens with one attached hydrogen (secondary N) is 1. The predicted molar refractivity (Wildman–Crippen MR) is 102 cm³/mol. The van der Waals surface area contributed by atoms with Crippen LogP contribution < -0.4 is 10.2 Å².